The molecule has 1 heterocycles. The molecule has 0 unspecified atom stereocenters. The molecule has 0 spiro atoms. The van der Waals surface area contributed by atoms with Crippen LogP contribution >= 0.6 is 23.1 Å². The summed E-state index contributed by atoms with van der Waals surface area (Å²) in [6.45, 7) is 2.62. The van der Waals surface area contributed by atoms with Crippen molar-refractivity contribution in [3.8, 4) is 5.75 Å². The SMILES string of the molecule is COc1ccc(CC(=O)N=c2sc3cc(S(C)(=O)=O)ccc3n2CCSC)cc1C. The minimum absolute atomic E-state index is 0.191. The molecule has 0 aliphatic rings. The Morgan fingerprint density at radius 1 is 1.23 bits per heavy atom. The summed E-state index contributed by atoms with van der Waals surface area (Å²) in [7, 11) is -1.69. The number of thioether (sulfide) groups is 1. The van der Waals surface area contributed by atoms with E-state index in [1.54, 1.807) is 37.1 Å². The van der Waals surface area contributed by atoms with Crippen LogP contribution in [0, 0.1) is 6.92 Å². The highest BCUT2D eigenvalue weighted by molar-refractivity contribution is 7.98. The first-order chi connectivity index (χ1) is 14.2. The van der Waals surface area contributed by atoms with Gasteiger partial charge in [0.1, 0.15) is 5.75 Å². The van der Waals surface area contributed by atoms with Gasteiger partial charge >= 0.3 is 0 Å². The van der Waals surface area contributed by atoms with Crippen molar-refractivity contribution >= 4 is 49.1 Å². The van der Waals surface area contributed by atoms with Gasteiger partial charge in [-0.3, -0.25) is 4.79 Å². The molecule has 0 radical (unpaired) electrons. The third-order valence-corrected chi connectivity index (χ3v) is 7.38. The summed E-state index contributed by atoms with van der Waals surface area (Å²) in [6, 6.07) is 10.7. The van der Waals surface area contributed by atoms with Gasteiger partial charge in [0.15, 0.2) is 14.6 Å². The van der Waals surface area contributed by atoms with E-state index in [0.717, 1.165) is 32.8 Å². The lowest BCUT2D eigenvalue weighted by molar-refractivity contribution is -0.117. The van der Waals surface area contributed by atoms with Gasteiger partial charge in [-0.15, -0.1) is 0 Å². The number of thiazole rings is 1. The van der Waals surface area contributed by atoms with Crippen LogP contribution in [0.5, 0.6) is 5.75 Å². The van der Waals surface area contributed by atoms with Crippen LogP contribution in [0.15, 0.2) is 46.3 Å². The van der Waals surface area contributed by atoms with E-state index in [2.05, 4.69) is 4.99 Å². The maximum Gasteiger partial charge on any atom is 0.252 e. The first-order valence-electron chi connectivity index (χ1n) is 9.26. The van der Waals surface area contributed by atoms with E-state index in [4.69, 9.17) is 4.74 Å². The van der Waals surface area contributed by atoms with Crippen molar-refractivity contribution in [2.75, 3.05) is 25.4 Å². The second-order valence-electron chi connectivity index (χ2n) is 6.92. The minimum Gasteiger partial charge on any atom is -0.496 e. The number of sulfone groups is 1. The van der Waals surface area contributed by atoms with Crippen LogP contribution in [0.4, 0.5) is 0 Å². The lowest BCUT2D eigenvalue weighted by Crippen LogP contribution is -2.18. The second-order valence-corrected chi connectivity index (χ2v) is 10.9. The molecule has 1 aromatic heterocycles. The van der Waals surface area contributed by atoms with Gasteiger partial charge in [0.05, 0.1) is 28.6 Å². The van der Waals surface area contributed by atoms with Crippen LogP contribution in [0.25, 0.3) is 10.2 Å². The number of ether oxygens (including phenoxy) is 1. The quantitative estimate of drug-likeness (QED) is 0.535. The average Bonchev–Trinajstić information content (AvgIpc) is 3.01. The first kappa shape index (κ1) is 22.6. The van der Waals surface area contributed by atoms with E-state index in [1.807, 2.05) is 35.9 Å². The fourth-order valence-electron chi connectivity index (χ4n) is 3.14. The molecule has 0 saturated carbocycles. The molecule has 6 nitrogen and oxygen atoms in total. The van der Waals surface area contributed by atoms with E-state index >= 15 is 0 Å². The topological polar surface area (TPSA) is 77.7 Å². The van der Waals surface area contributed by atoms with Crippen molar-refractivity contribution in [2.24, 2.45) is 4.99 Å². The summed E-state index contributed by atoms with van der Waals surface area (Å²) in [4.78, 5) is 17.9. The molecule has 0 bridgehead atoms. The Morgan fingerprint density at radius 2 is 2.00 bits per heavy atom. The number of rotatable bonds is 7. The largest absolute Gasteiger partial charge is 0.496 e. The van der Waals surface area contributed by atoms with Gasteiger partial charge in [-0.1, -0.05) is 23.5 Å². The first-order valence-corrected chi connectivity index (χ1v) is 13.4. The standard InChI is InChI=1S/C21H24N2O4S3/c1-14-11-15(5-8-18(14)27-2)12-20(24)22-21-23(9-10-28-3)17-7-6-16(30(4,25)26)13-19(17)29-21/h5-8,11,13H,9-10,12H2,1-4H3. The lowest BCUT2D eigenvalue weighted by Gasteiger charge is -2.06. The van der Waals surface area contributed by atoms with E-state index in [9.17, 15) is 13.2 Å². The van der Waals surface area contributed by atoms with Crippen LogP contribution < -0.4 is 9.54 Å². The molecular formula is C21H24N2O4S3. The number of hydrogen-bond donors (Lipinski definition) is 0. The molecule has 9 heteroatoms. The summed E-state index contributed by atoms with van der Waals surface area (Å²) in [5.41, 5.74) is 2.72. The smallest absolute Gasteiger partial charge is 0.252 e. The maximum absolute atomic E-state index is 12.7. The molecule has 1 amide bonds. The van der Waals surface area contributed by atoms with Crippen LogP contribution in [0.3, 0.4) is 0 Å². The molecule has 3 rings (SSSR count). The van der Waals surface area contributed by atoms with Gasteiger partial charge < -0.3 is 9.30 Å². The molecule has 0 aliphatic carbocycles. The zero-order chi connectivity index (χ0) is 21.9. The second kappa shape index (κ2) is 9.36. The normalized spacial score (nSPS) is 12.5. The van der Waals surface area contributed by atoms with Crippen molar-refractivity contribution in [1.82, 2.24) is 4.57 Å². The number of methoxy groups -OCH3 is 1. The average molecular weight is 465 g/mol. The fraction of sp³-hybridized carbons (Fsp3) is 0.333. The summed E-state index contributed by atoms with van der Waals surface area (Å²) >= 11 is 3.04. The Labute approximate surface area is 184 Å². The zero-order valence-corrected chi connectivity index (χ0v) is 19.8. The summed E-state index contributed by atoms with van der Waals surface area (Å²) in [6.07, 6.45) is 3.40. The highest BCUT2D eigenvalue weighted by Gasteiger charge is 2.13. The van der Waals surface area contributed by atoms with Gasteiger partial charge in [0, 0.05) is 18.6 Å². The highest BCUT2D eigenvalue weighted by Crippen LogP contribution is 2.23. The van der Waals surface area contributed by atoms with Gasteiger partial charge in [-0.2, -0.15) is 16.8 Å². The third kappa shape index (κ3) is 5.14. The number of nitrogens with zero attached hydrogens (tertiary/aromatic N) is 2. The lowest BCUT2D eigenvalue weighted by atomic mass is 10.1. The molecule has 2 aromatic carbocycles. The molecular weight excluding hydrogens is 440 g/mol. The molecule has 160 valence electrons. The molecule has 0 fully saturated rings. The van der Waals surface area contributed by atoms with Gasteiger partial charge in [0.25, 0.3) is 5.91 Å². The van der Waals surface area contributed by atoms with Gasteiger partial charge in [-0.25, -0.2) is 8.42 Å². The van der Waals surface area contributed by atoms with Crippen molar-refractivity contribution < 1.29 is 17.9 Å². The molecule has 0 N–H and O–H groups in total. The maximum atomic E-state index is 12.7. The Kier molecular flexibility index (Phi) is 7.05. The van der Waals surface area contributed by atoms with Gasteiger partial charge in [-0.05, 0) is 48.6 Å². The minimum atomic E-state index is -3.30. The molecule has 30 heavy (non-hydrogen) atoms. The van der Waals surface area contributed by atoms with E-state index in [0.29, 0.717) is 11.3 Å². The summed E-state index contributed by atoms with van der Waals surface area (Å²) < 4.78 is 31.9. The number of carbonyl (C=O) groups excluding carboxylic acids is 1. The van der Waals surface area contributed by atoms with Crippen molar-refractivity contribution in [3.63, 3.8) is 0 Å². The van der Waals surface area contributed by atoms with Crippen molar-refractivity contribution in [3.05, 3.63) is 52.3 Å². The molecule has 0 atom stereocenters. The Morgan fingerprint density at radius 3 is 2.63 bits per heavy atom. The van der Waals surface area contributed by atoms with Crippen molar-refractivity contribution in [2.45, 2.75) is 24.8 Å². The fourth-order valence-corrected chi connectivity index (χ4v) is 5.34. The van der Waals surface area contributed by atoms with E-state index in [1.165, 1.54) is 17.6 Å². The van der Waals surface area contributed by atoms with Crippen LogP contribution in [-0.4, -0.2) is 44.3 Å². The summed E-state index contributed by atoms with van der Waals surface area (Å²) in [5, 5.41) is 0. The zero-order valence-electron chi connectivity index (χ0n) is 17.3. The number of benzene rings is 2. The number of fused-ring (bicyclic) bond motifs is 1. The molecule has 3 aromatic rings. The summed E-state index contributed by atoms with van der Waals surface area (Å²) in [5.74, 6) is 1.40. The molecule has 0 saturated heterocycles. The number of hydrogen-bond acceptors (Lipinski definition) is 6. The van der Waals surface area contributed by atoms with Crippen molar-refractivity contribution in [1.29, 1.82) is 0 Å². The van der Waals surface area contributed by atoms with Crippen LogP contribution in [0.2, 0.25) is 0 Å². The van der Waals surface area contributed by atoms with Crippen LogP contribution in [0.1, 0.15) is 11.1 Å². The Hall–Kier alpha value is -2.10. The van der Waals surface area contributed by atoms with Gasteiger partial charge in [0.2, 0.25) is 0 Å². The monoisotopic (exact) mass is 464 g/mol. The third-order valence-electron chi connectivity index (χ3n) is 4.64. The number of aryl methyl sites for hydroxylation is 2. The number of carbonyl (C=O) groups is 1. The molecule has 0 aliphatic heterocycles. The van der Waals surface area contributed by atoms with E-state index < -0.39 is 9.84 Å². The predicted molar refractivity (Wildman–Crippen MR) is 123 cm³/mol. The predicted octanol–water partition coefficient (Wildman–Crippen LogP) is 3.46. The Bertz CT molecular complexity index is 1260. The Balaban J connectivity index is 2.00. The van der Waals surface area contributed by atoms with E-state index in [-0.39, 0.29) is 17.2 Å². The number of amides is 1. The highest BCUT2D eigenvalue weighted by atomic mass is 32.2. The van der Waals surface area contributed by atoms with Crippen LogP contribution in [-0.2, 0) is 27.6 Å². The number of aromatic nitrogens is 1.